The summed E-state index contributed by atoms with van der Waals surface area (Å²) in [6.07, 6.45) is 5.22. The lowest BCUT2D eigenvalue weighted by Crippen LogP contribution is -2.44. The van der Waals surface area contributed by atoms with Crippen molar-refractivity contribution in [1.29, 1.82) is 0 Å². The Kier molecular flexibility index (Phi) is 6.66. The van der Waals surface area contributed by atoms with Gasteiger partial charge in [0.25, 0.3) is 5.91 Å². The Morgan fingerprint density at radius 1 is 1.13 bits per heavy atom. The standard InChI is InChI=1S/C23H30N6O2/c1-16(30)27-23(31)19-15-26-22(29-12-10-24-11-13-29)21(28-18-8-3-2-4-9-18)20(19)25-14-17-6-5-7-17/h2-4,8-9,15,17,24,28H,5-7,10-14H2,1H3,(H,25,26)(H,27,30,31). The van der Waals surface area contributed by atoms with E-state index in [1.807, 2.05) is 30.3 Å². The van der Waals surface area contributed by atoms with Crippen LogP contribution in [0.25, 0.3) is 0 Å². The molecule has 8 heteroatoms. The number of imide groups is 1. The summed E-state index contributed by atoms with van der Waals surface area (Å²) in [6.45, 7) is 5.54. The van der Waals surface area contributed by atoms with Gasteiger partial charge in [0.1, 0.15) is 5.69 Å². The Hall–Kier alpha value is -3.13. The second kappa shape index (κ2) is 9.78. The summed E-state index contributed by atoms with van der Waals surface area (Å²) >= 11 is 0. The van der Waals surface area contributed by atoms with Crippen LogP contribution in [0.4, 0.5) is 22.9 Å². The van der Waals surface area contributed by atoms with E-state index in [0.29, 0.717) is 17.2 Å². The number of para-hydroxylation sites is 1. The van der Waals surface area contributed by atoms with E-state index in [2.05, 4.69) is 31.2 Å². The van der Waals surface area contributed by atoms with Crippen LogP contribution in [0.1, 0.15) is 36.5 Å². The number of anilines is 4. The zero-order valence-electron chi connectivity index (χ0n) is 17.9. The summed E-state index contributed by atoms with van der Waals surface area (Å²) in [6, 6.07) is 9.87. The molecule has 0 spiro atoms. The SMILES string of the molecule is CC(=O)NC(=O)c1cnc(N2CCNCC2)c(Nc2ccccc2)c1NCC1CCC1. The van der Waals surface area contributed by atoms with Gasteiger partial charge >= 0.3 is 0 Å². The van der Waals surface area contributed by atoms with Gasteiger partial charge in [0, 0.05) is 51.5 Å². The number of piperazine rings is 1. The van der Waals surface area contributed by atoms with Gasteiger partial charge in [0.2, 0.25) is 5.91 Å². The molecule has 8 nitrogen and oxygen atoms in total. The highest BCUT2D eigenvalue weighted by Gasteiger charge is 2.26. The van der Waals surface area contributed by atoms with Crippen LogP contribution in [-0.4, -0.2) is 49.5 Å². The third-order valence-corrected chi connectivity index (χ3v) is 5.84. The van der Waals surface area contributed by atoms with Gasteiger partial charge in [0.15, 0.2) is 5.82 Å². The lowest BCUT2D eigenvalue weighted by atomic mass is 9.85. The van der Waals surface area contributed by atoms with Crippen LogP contribution in [0.5, 0.6) is 0 Å². The highest BCUT2D eigenvalue weighted by molar-refractivity contribution is 6.10. The number of pyridine rings is 1. The zero-order chi connectivity index (χ0) is 21.6. The number of nitrogens with zero attached hydrogens (tertiary/aromatic N) is 2. The zero-order valence-corrected chi connectivity index (χ0v) is 17.9. The van der Waals surface area contributed by atoms with E-state index < -0.39 is 11.8 Å². The fraction of sp³-hybridized carbons (Fsp3) is 0.435. The Labute approximate surface area is 182 Å². The summed E-state index contributed by atoms with van der Waals surface area (Å²) in [4.78, 5) is 31.3. The quantitative estimate of drug-likeness (QED) is 0.545. The molecule has 1 saturated heterocycles. The number of carbonyl (C=O) groups is 2. The minimum absolute atomic E-state index is 0.367. The summed E-state index contributed by atoms with van der Waals surface area (Å²) in [7, 11) is 0. The van der Waals surface area contributed by atoms with Crippen molar-refractivity contribution in [3.8, 4) is 0 Å². The van der Waals surface area contributed by atoms with Crippen molar-refractivity contribution in [2.75, 3.05) is 48.3 Å². The van der Waals surface area contributed by atoms with Crippen molar-refractivity contribution in [1.82, 2.24) is 15.6 Å². The van der Waals surface area contributed by atoms with Gasteiger partial charge in [-0.1, -0.05) is 24.6 Å². The summed E-state index contributed by atoms with van der Waals surface area (Å²) in [5.74, 6) is 0.572. The van der Waals surface area contributed by atoms with Gasteiger partial charge < -0.3 is 20.9 Å². The van der Waals surface area contributed by atoms with Crippen molar-refractivity contribution in [2.24, 2.45) is 5.92 Å². The number of benzene rings is 1. The maximum atomic E-state index is 12.8. The first-order valence-corrected chi connectivity index (χ1v) is 11.0. The predicted molar refractivity (Wildman–Crippen MR) is 123 cm³/mol. The molecular weight excluding hydrogens is 392 g/mol. The number of hydrogen-bond donors (Lipinski definition) is 4. The van der Waals surface area contributed by atoms with Gasteiger partial charge in [-0.25, -0.2) is 4.98 Å². The lowest BCUT2D eigenvalue weighted by Gasteiger charge is -2.32. The molecular formula is C23H30N6O2. The van der Waals surface area contributed by atoms with Crippen molar-refractivity contribution in [2.45, 2.75) is 26.2 Å². The fourth-order valence-corrected chi connectivity index (χ4v) is 3.93. The Morgan fingerprint density at radius 3 is 2.52 bits per heavy atom. The first-order valence-electron chi connectivity index (χ1n) is 11.0. The molecule has 1 saturated carbocycles. The Morgan fingerprint density at radius 2 is 1.87 bits per heavy atom. The largest absolute Gasteiger partial charge is 0.382 e. The molecule has 0 radical (unpaired) electrons. The van der Waals surface area contributed by atoms with Crippen LogP contribution in [-0.2, 0) is 4.79 Å². The van der Waals surface area contributed by atoms with E-state index in [0.717, 1.165) is 49.9 Å². The normalized spacial score (nSPS) is 16.4. The topological polar surface area (TPSA) is 98.4 Å². The van der Waals surface area contributed by atoms with Crippen molar-refractivity contribution in [3.05, 3.63) is 42.1 Å². The van der Waals surface area contributed by atoms with Crippen LogP contribution in [0.3, 0.4) is 0 Å². The molecule has 1 aliphatic carbocycles. The maximum absolute atomic E-state index is 12.8. The third-order valence-electron chi connectivity index (χ3n) is 5.84. The van der Waals surface area contributed by atoms with Crippen molar-refractivity contribution >= 4 is 34.7 Å². The minimum atomic E-state index is -0.445. The van der Waals surface area contributed by atoms with Gasteiger partial charge in [-0.15, -0.1) is 0 Å². The van der Waals surface area contributed by atoms with E-state index in [-0.39, 0.29) is 0 Å². The first kappa shape index (κ1) is 21.1. The average Bonchev–Trinajstić information content (AvgIpc) is 2.74. The lowest BCUT2D eigenvalue weighted by molar-refractivity contribution is -0.118. The number of amides is 2. The number of carbonyl (C=O) groups excluding carboxylic acids is 2. The van der Waals surface area contributed by atoms with E-state index in [1.54, 1.807) is 6.20 Å². The molecule has 2 aromatic rings. The predicted octanol–water partition coefficient (Wildman–Crippen LogP) is 2.72. The van der Waals surface area contributed by atoms with E-state index in [4.69, 9.17) is 0 Å². The van der Waals surface area contributed by atoms with Crippen LogP contribution in [0, 0.1) is 5.92 Å². The molecule has 1 aliphatic heterocycles. The Balaban J connectivity index is 1.76. The number of aromatic nitrogens is 1. The molecule has 0 bridgehead atoms. The van der Waals surface area contributed by atoms with Gasteiger partial charge in [-0.3, -0.25) is 14.9 Å². The summed E-state index contributed by atoms with van der Waals surface area (Å²) in [5, 5.41) is 12.8. The monoisotopic (exact) mass is 422 g/mol. The van der Waals surface area contributed by atoms with E-state index in [1.165, 1.54) is 26.2 Å². The number of rotatable bonds is 7. The van der Waals surface area contributed by atoms with Gasteiger partial charge in [0.05, 0.1) is 11.3 Å². The molecule has 2 aliphatic rings. The van der Waals surface area contributed by atoms with Crippen molar-refractivity contribution < 1.29 is 9.59 Å². The fourth-order valence-electron chi connectivity index (χ4n) is 3.93. The summed E-state index contributed by atoms with van der Waals surface area (Å²) < 4.78 is 0. The molecule has 0 unspecified atom stereocenters. The van der Waals surface area contributed by atoms with E-state index in [9.17, 15) is 9.59 Å². The first-order chi connectivity index (χ1) is 15.1. The molecule has 4 rings (SSSR count). The van der Waals surface area contributed by atoms with E-state index >= 15 is 0 Å². The van der Waals surface area contributed by atoms with Crippen LogP contribution >= 0.6 is 0 Å². The van der Waals surface area contributed by atoms with Gasteiger partial charge in [-0.05, 0) is 30.9 Å². The number of hydrogen-bond acceptors (Lipinski definition) is 7. The molecule has 2 heterocycles. The highest BCUT2D eigenvalue weighted by atomic mass is 16.2. The number of nitrogens with one attached hydrogen (secondary N) is 4. The molecule has 4 N–H and O–H groups in total. The molecule has 0 atom stereocenters. The smallest absolute Gasteiger partial charge is 0.261 e. The average molecular weight is 423 g/mol. The second-order valence-corrected chi connectivity index (χ2v) is 8.16. The van der Waals surface area contributed by atoms with Crippen molar-refractivity contribution in [3.63, 3.8) is 0 Å². The van der Waals surface area contributed by atoms with Gasteiger partial charge in [-0.2, -0.15) is 0 Å². The van der Waals surface area contributed by atoms with Crippen LogP contribution in [0.15, 0.2) is 36.5 Å². The molecule has 1 aromatic carbocycles. The third kappa shape index (κ3) is 5.14. The second-order valence-electron chi connectivity index (χ2n) is 8.16. The molecule has 1 aromatic heterocycles. The minimum Gasteiger partial charge on any atom is -0.382 e. The summed E-state index contributed by atoms with van der Waals surface area (Å²) in [5.41, 5.74) is 2.74. The highest BCUT2D eigenvalue weighted by Crippen LogP contribution is 2.38. The molecule has 31 heavy (non-hydrogen) atoms. The molecule has 164 valence electrons. The molecule has 2 amide bonds. The Bertz CT molecular complexity index is 923. The molecule has 2 fully saturated rings. The maximum Gasteiger partial charge on any atom is 0.261 e. The van der Waals surface area contributed by atoms with Crippen LogP contribution in [0.2, 0.25) is 0 Å². The van der Waals surface area contributed by atoms with Crippen LogP contribution < -0.4 is 26.2 Å².